The molecular formula is C14H17N3OS. The summed E-state index contributed by atoms with van der Waals surface area (Å²) in [5, 5.41) is 3.29. The Labute approximate surface area is 118 Å². The number of nitrogens with two attached hydrogens (primary N) is 1. The van der Waals surface area contributed by atoms with Gasteiger partial charge >= 0.3 is 0 Å². The number of aryl methyl sites for hydroxylation is 2. The molecule has 1 unspecified atom stereocenters. The van der Waals surface area contributed by atoms with E-state index >= 15 is 0 Å². The van der Waals surface area contributed by atoms with Crippen LogP contribution in [0.2, 0.25) is 0 Å². The first kappa shape index (κ1) is 13.5. The Bertz CT molecular complexity index is 606. The lowest BCUT2D eigenvalue weighted by Crippen LogP contribution is -2.16. The third-order valence-electron chi connectivity index (χ3n) is 2.84. The summed E-state index contributed by atoms with van der Waals surface area (Å²) < 4.78 is 5.59. The van der Waals surface area contributed by atoms with Gasteiger partial charge in [-0.2, -0.15) is 0 Å². The molecule has 0 saturated heterocycles. The predicted octanol–water partition coefficient (Wildman–Crippen LogP) is 3.10. The molecule has 0 aliphatic rings. The summed E-state index contributed by atoms with van der Waals surface area (Å²) in [5.41, 5.74) is 7.36. The van der Waals surface area contributed by atoms with Crippen molar-refractivity contribution in [3.8, 4) is 0 Å². The summed E-state index contributed by atoms with van der Waals surface area (Å²) in [5.74, 6) is 2.43. The molecule has 5 heteroatoms. The molecule has 4 nitrogen and oxygen atoms in total. The van der Waals surface area contributed by atoms with Crippen LogP contribution >= 0.6 is 12.2 Å². The lowest BCUT2D eigenvalue weighted by molar-refractivity contribution is 0.466. The number of aromatic nitrogens is 1. The standard InChI is InChI=1S/C14H17N3OS/c1-8-4-6-11(13(15)19)14(16-8)17-10(3)12-7-5-9(2)18-12/h4-7,10H,1-3H3,(H2,15,19)(H,16,17). The highest BCUT2D eigenvalue weighted by atomic mass is 32.1. The molecule has 0 aliphatic heterocycles. The fourth-order valence-electron chi connectivity index (χ4n) is 1.83. The summed E-state index contributed by atoms with van der Waals surface area (Å²) in [7, 11) is 0. The molecule has 3 N–H and O–H groups in total. The van der Waals surface area contributed by atoms with Gasteiger partial charge in [-0.05, 0) is 45.0 Å². The van der Waals surface area contributed by atoms with Crippen LogP contribution in [0.4, 0.5) is 5.82 Å². The molecule has 0 fully saturated rings. The minimum absolute atomic E-state index is 0.00361. The Morgan fingerprint density at radius 2 is 2.05 bits per heavy atom. The van der Waals surface area contributed by atoms with Crippen molar-refractivity contribution in [2.24, 2.45) is 5.73 Å². The van der Waals surface area contributed by atoms with E-state index in [-0.39, 0.29) is 6.04 Å². The van der Waals surface area contributed by atoms with Crippen molar-refractivity contribution in [2.75, 3.05) is 5.32 Å². The fraction of sp³-hybridized carbons (Fsp3) is 0.286. The maximum absolute atomic E-state index is 5.71. The highest BCUT2D eigenvalue weighted by Gasteiger charge is 2.13. The maximum Gasteiger partial charge on any atom is 0.137 e. The number of rotatable bonds is 4. The molecule has 0 radical (unpaired) electrons. The number of hydrogen-bond donors (Lipinski definition) is 2. The zero-order valence-electron chi connectivity index (χ0n) is 11.2. The van der Waals surface area contributed by atoms with Crippen LogP contribution in [-0.4, -0.2) is 9.97 Å². The van der Waals surface area contributed by atoms with Gasteiger partial charge in [0, 0.05) is 5.69 Å². The van der Waals surface area contributed by atoms with Crippen molar-refractivity contribution < 1.29 is 4.42 Å². The van der Waals surface area contributed by atoms with E-state index in [1.54, 1.807) is 0 Å². The average molecular weight is 275 g/mol. The molecule has 0 saturated carbocycles. The Hall–Kier alpha value is -1.88. The summed E-state index contributed by atoms with van der Waals surface area (Å²) in [6.45, 7) is 5.85. The van der Waals surface area contributed by atoms with Crippen molar-refractivity contribution in [1.29, 1.82) is 0 Å². The molecule has 0 amide bonds. The Morgan fingerprint density at radius 3 is 2.63 bits per heavy atom. The van der Waals surface area contributed by atoms with Gasteiger partial charge in [-0.3, -0.25) is 0 Å². The van der Waals surface area contributed by atoms with Crippen LogP contribution in [0.15, 0.2) is 28.7 Å². The average Bonchev–Trinajstić information content (AvgIpc) is 2.75. The fourth-order valence-corrected chi connectivity index (χ4v) is 1.99. The molecule has 2 aromatic heterocycles. The van der Waals surface area contributed by atoms with Crippen molar-refractivity contribution in [3.63, 3.8) is 0 Å². The van der Waals surface area contributed by atoms with Crippen LogP contribution in [0, 0.1) is 13.8 Å². The van der Waals surface area contributed by atoms with Crippen molar-refractivity contribution in [1.82, 2.24) is 4.98 Å². The van der Waals surface area contributed by atoms with Crippen LogP contribution in [0.1, 0.15) is 35.7 Å². The van der Waals surface area contributed by atoms with E-state index in [9.17, 15) is 0 Å². The van der Waals surface area contributed by atoms with E-state index in [1.165, 1.54) is 0 Å². The summed E-state index contributed by atoms with van der Waals surface area (Å²) in [6.07, 6.45) is 0. The van der Waals surface area contributed by atoms with Crippen LogP contribution in [0.25, 0.3) is 0 Å². The first-order valence-electron chi connectivity index (χ1n) is 6.07. The number of anilines is 1. The number of furan rings is 1. The molecular weight excluding hydrogens is 258 g/mol. The highest BCUT2D eigenvalue weighted by molar-refractivity contribution is 7.80. The topological polar surface area (TPSA) is 64.1 Å². The van der Waals surface area contributed by atoms with Gasteiger partial charge < -0.3 is 15.5 Å². The largest absolute Gasteiger partial charge is 0.464 e. The monoisotopic (exact) mass is 275 g/mol. The Balaban J connectivity index is 2.27. The van der Waals surface area contributed by atoms with Gasteiger partial charge in [-0.1, -0.05) is 12.2 Å². The van der Waals surface area contributed by atoms with E-state index in [2.05, 4.69) is 10.3 Å². The molecule has 100 valence electrons. The number of hydrogen-bond acceptors (Lipinski definition) is 4. The van der Waals surface area contributed by atoms with Gasteiger partial charge in [-0.25, -0.2) is 4.98 Å². The number of pyridine rings is 1. The summed E-state index contributed by atoms with van der Waals surface area (Å²) in [6, 6.07) is 7.65. The van der Waals surface area contributed by atoms with Gasteiger partial charge in [0.15, 0.2) is 0 Å². The van der Waals surface area contributed by atoms with Crippen molar-refractivity contribution in [2.45, 2.75) is 26.8 Å². The molecule has 0 bridgehead atoms. The number of nitrogens with zero attached hydrogens (tertiary/aromatic N) is 1. The SMILES string of the molecule is Cc1ccc(C(N)=S)c(NC(C)c2ccc(C)o2)n1. The minimum Gasteiger partial charge on any atom is -0.464 e. The molecule has 2 heterocycles. The third kappa shape index (κ3) is 3.12. The van der Waals surface area contributed by atoms with Crippen LogP contribution in [0.5, 0.6) is 0 Å². The van der Waals surface area contributed by atoms with Gasteiger partial charge in [0.2, 0.25) is 0 Å². The second-order valence-electron chi connectivity index (χ2n) is 4.53. The molecule has 1 atom stereocenters. The van der Waals surface area contributed by atoms with Crippen LogP contribution in [0.3, 0.4) is 0 Å². The smallest absolute Gasteiger partial charge is 0.137 e. The van der Waals surface area contributed by atoms with Crippen molar-refractivity contribution >= 4 is 23.0 Å². The van der Waals surface area contributed by atoms with Gasteiger partial charge in [0.1, 0.15) is 22.3 Å². The minimum atomic E-state index is -0.00361. The maximum atomic E-state index is 5.71. The van der Waals surface area contributed by atoms with Gasteiger partial charge in [0.25, 0.3) is 0 Å². The highest BCUT2D eigenvalue weighted by Crippen LogP contribution is 2.22. The third-order valence-corrected chi connectivity index (χ3v) is 3.06. The van der Waals surface area contributed by atoms with Crippen molar-refractivity contribution in [3.05, 3.63) is 47.0 Å². The Kier molecular flexibility index (Phi) is 3.85. The van der Waals surface area contributed by atoms with E-state index in [0.717, 1.165) is 22.8 Å². The molecule has 19 heavy (non-hydrogen) atoms. The lowest BCUT2D eigenvalue weighted by atomic mass is 10.2. The van der Waals surface area contributed by atoms with Gasteiger partial charge in [0.05, 0.1) is 11.6 Å². The quantitative estimate of drug-likeness (QED) is 0.839. The summed E-state index contributed by atoms with van der Waals surface area (Å²) in [4.78, 5) is 4.78. The zero-order valence-corrected chi connectivity index (χ0v) is 12.0. The molecule has 0 aromatic carbocycles. The molecule has 0 aliphatic carbocycles. The van der Waals surface area contributed by atoms with Crippen LogP contribution < -0.4 is 11.1 Å². The van der Waals surface area contributed by atoms with E-state index in [4.69, 9.17) is 22.4 Å². The lowest BCUT2D eigenvalue weighted by Gasteiger charge is -2.15. The molecule has 2 rings (SSSR count). The number of nitrogens with one attached hydrogen (secondary N) is 1. The number of thiocarbonyl (C=S) groups is 1. The van der Waals surface area contributed by atoms with Gasteiger partial charge in [-0.15, -0.1) is 0 Å². The second kappa shape index (κ2) is 5.40. The zero-order chi connectivity index (χ0) is 14.0. The van der Waals surface area contributed by atoms with E-state index in [0.29, 0.717) is 10.8 Å². The van der Waals surface area contributed by atoms with Crippen LogP contribution in [-0.2, 0) is 0 Å². The van der Waals surface area contributed by atoms with E-state index in [1.807, 2.05) is 45.0 Å². The van der Waals surface area contributed by atoms with E-state index < -0.39 is 0 Å². The predicted molar refractivity (Wildman–Crippen MR) is 80.3 cm³/mol. The normalized spacial score (nSPS) is 12.2. The molecule has 2 aromatic rings. The second-order valence-corrected chi connectivity index (χ2v) is 4.97. The Morgan fingerprint density at radius 1 is 1.32 bits per heavy atom. The first-order valence-corrected chi connectivity index (χ1v) is 6.48. The summed E-state index contributed by atoms with van der Waals surface area (Å²) >= 11 is 5.04. The first-order chi connectivity index (χ1) is 8.97. The molecule has 0 spiro atoms.